The molecule has 0 saturated carbocycles. The Morgan fingerprint density at radius 1 is 1.30 bits per heavy atom. The minimum Gasteiger partial charge on any atom is -0.490 e. The van der Waals surface area contributed by atoms with Crippen LogP contribution in [0.1, 0.15) is 12.8 Å². The van der Waals surface area contributed by atoms with Crippen molar-refractivity contribution in [3.63, 3.8) is 0 Å². The van der Waals surface area contributed by atoms with Gasteiger partial charge < -0.3 is 18.6 Å². The molecule has 2 rings (SSSR count). The van der Waals surface area contributed by atoms with Crippen molar-refractivity contribution in [3.8, 4) is 23.0 Å². The summed E-state index contributed by atoms with van der Waals surface area (Å²) in [4.78, 5) is 11.2. The topological polar surface area (TPSA) is 83.7 Å². The summed E-state index contributed by atoms with van der Waals surface area (Å²) in [5.41, 5.74) is 0.443. The van der Waals surface area contributed by atoms with Crippen molar-refractivity contribution in [1.29, 1.82) is 0 Å². The van der Waals surface area contributed by atoms with Crippen LogP contribution in [0.15, 0.2) is 22.6 Å². The Hall–Kier alpha value is -2.71. The molecule has 0 saturated heterocycles. The molecule has 1 heterocycles. The lowest BCUT2D eigenvalue weighted by Crippen LogP contribution is -2.04. The Morgan fingerprint density at radius 2 is 2.09 bits per heavy atom. The highest BCUT2D eigenvalue weighted by atomic mass is 19.3. The number of carbonyl (C=O) groups is 1. The zero-order valence-electron chi connectivity index (χ0n) is 12.4. The fourth-order valence-electron chi connectivity index (χ4n) is 1.74. The van der Waals surface area contributed by atoms with E-state index in [0.29, 0.717) is 5.56 Å². The van der Waals surface area contributed by atoms with Gasteiger partial charge in [-0.2, -0.15) is 8.78 Å². The van der Waals surface area contributed by atoms with Gasteiger partial charge in [0.2, 0.25) is 11.8 Å². The predicted molar refractivity (Wildman–Crippen MR) is 73.3 cm³/mol. The molecule has 23 heavy (non-hydrogen) atoms. The number of alkyl halides is 2. The zero-order chi connectivity index (χ0) is 16.8. The van der Waals surface area contributed by atoms with Crippen LogP contribution in [-0.4, -0.2) is 36.5 Å². The second-order valence-electron chi connectivity index (χ2n) is 4.23. The molecule has 0 N–H and O–H groups in total. The van der Waals surface area contributed by atoms with Crippen molar-refractivity contribution >= 4 is 5.97 Å². The molecule has 0 unspecified atom stereocenters. The monoisotopic (exact) mass is 328 g/mol. The van der Waals surface area contributed by atoms with Crippen LogP contribution in [-0.2, 0) is 16.0 Å². The number of hydrogen-bond donors (Lipinski definition) is 0. The van der Waals surface area contributed by atoms with Crippen LogP contribution < -0.4 is 9.47 Å². The van der Waals surface area contributed by atoms with E-state index in [1.165, 1.54) is 25.3 Å². The molecule has 0 radical (unpaired) electrons. The summed E-state index contributed by atoms with van der Waals surface area (Å²) in [6.45, 7) is -0.990. The average molecular weight is 328 g/mol. The number of rotatable bonds is 7. The van der Waals surface area contributed by atoms with E-state index in [-0.39, 0.29) is 36.3 Å². The fraction of sp³-hybridized carbons (Fsp3) is 0.357. The molecule has 0 amide bonds. The summed E-state index contributed by atoms with van der Waals surface area (Å²) >= 11 is 0. The van der Waals surface area contributed by atoms with Gasteiger partial charge in [0.05, 0.1) is 13.7 Å². The van der Waals surface area contributed by atoms with Crippen LogP contribution in [0.3, 0.4) is 0 Å². The molecule has 124 valence electrons. The highest BCUT2D eigenvalue weighted by molar-refractivity contribution is 5.71. The van der Waals surface area contributed by atoms with Gasteiger partial charge in [0.15, 0.2) is 11.5 Å². The standard InChI is InChI=1S/C14H14F2N2O5/c1-3-21-10-6-8(4-5-9(10)22-14(15)16)13-18-17-11(23-13)7-12(19)20-2/h4-6,14H,3,7H2,1-2H3. The fourth-order valence-corrected chi connectivity index (χ4v) is 1.74. The quantitative estimate of drug-likeness (QED) is 0.722. The van der Waals surface area contributed by atoms with Gasteiger partial charge in [-0.15, -0.1) is 10.2 Å². The summed E-state index contributed by atoms with van der Waals surface area (Å²) in [5.74, 6) is -0.292. The summed E-state index contributed by atoms with van der Waals surface area (Å²) < 4.78 is 44.2. The van der Waals surface area contributed by atoms with Crippen LogP contribution in [0.4, 0.5) is 8.78 Å². The van der Waals surface area contributed by atoms with E-state index in [9.17, 15) is 13.6 Å². The van der Waals surface area contributed by atoms with E-state index < -0.39 is 12.6 Å². The lowest BCUT2D eigenvalue weighted by atomic mass is 10.2. The predicted octanol–water partition coefficient (Wildman–Crippen LogP) is 2.45. The number of hydrogen-bond acceptors (Lipinski definition) is 7. The molecule has 0 aliphatic heterocycles. The number of nitrogens with zero attached hydrogens (tertiary/aromatic N) is 2. The SMILES string of the molecule is CCOc1cc(-c2nnc(CC(=O)OC)o2)ccc1OC(F)F. The minimum absolute atomic E-state index is 0.0812. The zero-order valence-corrected chi connectivity index (χ0v) is 12.4. The van der Waals surface area contributed by atoms with Gasteiger partial charge >= 0.3 is 12.6 Å². The largest absolute Gasteiger partial charge is 0.490 e. The van der Waals surface area contributed by atoms with Gasteiger partial charge in [0, 0.05) is 5.56 Å². The molecule has 7 nitrogen and oxygen atoms in total. The van der Waals surface area contributed by atoms with E-state index in [0.717, 1.165) is 0 Å². The number of esters is 1. The van der Waals surface area contributed by atoms with Crippen LogP contribution in [0, 0.1) is 0 Å². The molecule has 2 aromatic rings. The maximum Gasteiger partial charge on any atom is 0.387 e. The van der Waals surface area contributed by atoms with Crippen LogP contribution in [0.5, 0.6) is 11.5 Å². The van der Waals surface area contributed by atoms with Gasteiger partial charge in [-0.25, -0.2) is 0 Å². The lowest BCUT2D eigenvalue weighted by molar-refractivity contribution is -0.140. The number of carbonyl (C=O) groups excluding carboxylic acids is 1. The summed E-state index contributed by atoms with van der Waals surface area (Å²) in [5, 5.41) is 7.51. The summed E-state index contributed by atoms with van der Waals surface area (Å²) in [6, 6.07) is 4.23. The number of ether oxygens (including phenoxy) is 3. The number of methoxy groups -OCH3 is 1. The second-order valence-corrected chi connectivity index (χ2v) is 4.23. The lowest BCUT2D eigenvalue weighted by Gasteiger charge is -2.11. The third-order valence-electron chi connectivity index (χ3n) is 2.70. The molecule has 1 aromatic heterocycles. The highest BCUT2D eigenvalue weighted by Gasteiger charge is 2.16. The van der Waals surface area contributed by atoms with Gasteiger partial charge in [0.1, 0.15) is 6.42 Å². The van der Waals surface area contributed by atoms with Crippen molar-refractivity contribution in [2.75, 3.05) is 13.7 Å². The molecule has 0 aliphatic rings. The number of benzene rings is 1. The third-order valence-corrected chi connectivity index (χ3v) is 2.70. The first-order chi connectivity index (χ1) is 11.0. The van der Waals surface area contributed by atoms with Crippen molar-refractivity contribution < 1.29 is 32.2 Å². The molecule has 0 atom stereocenters. The maximum atomic E-state index is 12.4. The maximum absolute atomic E-state index is 12.4. The summed E-state index contributed by atoms with van der Waals surface area (Å²) in [6.07, 6.45) is -0.158. The minimum atomic E-state index is -2.96. The Balaban J connectivity index is 2.25. The summed E-state index contributed by atoms with van der Waals surface area (Å²) in [7, 11) is 1.25. The van der Waals surface area contributed by atoms with E-state index in [4.69, 9.17) is 9.15 Å². The van der Waals surface area contributed by atoms with Gasteiger partial charge in [0.25, 0.3) is 0 Å². The first-order valence-electron chi connectivity index (χ1n) is 6.64. The second kappa shape index (κ2) is 7.52. The molecule has 0 aliphatic carbocycles. The van der Waals surface area contributed by atoms with Crippen molar-refractivity contribution in [1.82, 2.24) is 10.2 Å². The van der Waals surface area contributed by atoms with Crippen LogP contribution >= 0.6 is 0 Å². The van der Waals surface area contributed by atoms with Crippen molar-refractivity contribution in [2.45, 2.75) is 20.0 Å². The molecule has 0 spiro atoms. The molecular weight excluding hydrogens is 314 g/mol. The Bertz CT molecular complexity index is 675. The van der Waals surface area contributed by atoms with E-state index in [2.05, 4.69) is 19.7 Å². The first kappa shape index (κ1) is 16.7. The van der Waals surface area contributed by atoms with Gasteiger partial charge in [-0.3, -0.25) is 4.79 Å². The molecule has 0 fully saturated rings. The molecule has 9 heteroatoms. The van der Waals surface area contributed by atoms with Crippen LogP contribution in [0.25, 0.3) is 11.5 Å². The van der Waals surface area contributed by atoms with Crippen LogP contribution in [0.2, 0.25) is 0 Å². The first-order valence-corrected chi connectivity index (χ1v) is 6.64. The Morgan fingerprint density at radius 3 is 2.74 bits per heavy atom. The normalized spacial score (nSPS) is 10.7. The van der Waals surface area contributed by atoms with Crippen molar-refractivity contribution in [2.24, 2.45) is 0 Å². The van der Waals surface area contributed by atoms with E-state index >= 15 is 0 Å². The van der Waals surface area contributed by atoms with Gasteiger partial charge in [-0.05, 0) is 25.1 Å². The van der Waals surface area contributed by atoms with E-state index in [1.807, 2.05) is 0 Å². The highest BCUT2D eigenvalue weighted by Crippen LogP contribution is 2.33. The Kier molecular flexibility index (Phi) is 5.45. The smallest absolute Gasteiger partial charge is 0.387 e. The average Bonchev–Trinajstić information content (AvgIpc) is 2.97. The van der Waals surface area contributed by atoms with E-state index in [1.54, 1.807) is 6.92 Å². The molecular formula is C14H14F2N2O5. The number of aromatic nitrogens is 2. The van der Waals surface area contributed by atoms with Gasteiger partial charge in [-0.1, -0.05) is 0 Å². The Labute approximate surface area is 130 Å². The third kappa shape index (κ3) is 4.38. The molecule has 1 aromatic carbocycles. The van der Waals surface area contributed by atoms with Crippen molar-refractivity contribution in [3.05, 3.63) is 24.1 Å². The molecule has 0 bridgehead atoms. The number of halogens is 2.